The summed E-state index contributed by atoms with van der Waals surface area (Å²) in [5.74, 6) is 0.273. The van der Waals surface area contributed by atoms with Crippen molar-refractivity contribution in [3.05, 3.63) is 64.8 Å². The highest BCUT2D eigenvalue weighted by molar-refractivity contribution is 6.33. The van der Waals surface area contributed by atoms with E-state index in [0.29, 0.717) is 27.8 Å². The third-order valence-corrected chi connectivity index (χ3v) is 5.68. The highest BCUT2D eigenvalue weighted by atomic mass is 35.5. The summed E-state index contributed by atoms with van der Waals surface area (Å²) in [6.45, 7) is 0. The van der Waals surface area contributed by atoms with Gasteiger partial charge in [0, 0.05) is 12.5 Å². The van der Waals surface area contributed by atoms with E-state index in [1.54, 1.807) is 42.5 Å². The molecular weight excluding hydrogens is 461 g/mol. The summed E-state index contributed by atoms with van der Waals surface area (Å²) in [6, 6.07) is 10.1. The average Bonchev–Trinajstić information content (AvgIpc) is 3.23. The summed E-state index contributed by atoms with van der Waals surface area (Å²) in [5, 5.41) is 9.87. The van der Waals surface area contributed by atoms with Gasteiger partial charge in [-0.2, -0.15) is 18.3 Å². The molecule has 0 bridgehead atoms. The Morgan fingerprint density at radius 1 is 1.15 bits per heavy atom. The molecule has 11 heteroatoms. The number of aromatic nitrogens is 2. The molecular formula is C22H20ClF3N4O3. The molecule has 0 spiro atoms. The van der Waals surface area contributed by atoms with Crippen molar-refractivity contribution in [2.75, 3.05) is 24.9 Å². The van der Waals surface area contributed by atoms with Crippen molar-refractivity contribution in [3.63, 3.8) is 0 Å². The first-order valence-corrected chi connectivity index (χ1v) is 10.3. The molecule has 2 heterocycles. The predicted octanol–water partition coefficient (Wildman–Crippen LogP) is 5.47. The lowest BCUT2D eigenvalue weighted by Crippen LogP contribution is -2.35. The highest BCUT2D eigenvalue weighted by Gasteiger charge is 2.47. The number of ether oxygens (including phenoxy) is 2. The smallest absolute Gasteiger partial charge is 0.410 e. The molecule has 1 aliphatic rings. The summed E-state index contributed by atoms with van der Waals surface area (Å²) < 4.78 is 53.1. The number of carbonyl (C=O) groups is 1. The molecule has 2 N–H and O–H groups in total. The van der Waals surface area contributed by atoms with Gasteiger partial charge in [-0.05, 0) is 29.8 Å². The second-order valence-corrected chi connectivity index (χ2v) is 7.81. The van der Waals surface area contributed by atoms with Crippen molar-refractivity contribution < 1.29 is 27.4 Å². The largest absolute Gasteiger partial charge is 0.493 e. The fourth-order valence-electron chi connectivity index (χ4n) is 3.72. The molecule has 0 fully saturated rings. The number of para-hydroxylation sites is 1. The molecule has 0 aliphatic carbocycles. The Kier molecular flexibility index (Phi) is 6.11. The number of carbonyl (C=O) groups excluding carboxylic acids is 1. The highest BCUT2D eigenvalue weighted by Crippen LogP contribution is 2.44. The van der Waals surface area contributed by atoms with Crippen LogP contribution in [0.25, 0.3) is 0 Å². The monoisotopic (exact) mass is 480 g/mol. The molecule has 0 saturated heterocycles. The van der Waals surface area contributed by atoms with Gasteiger partial charge in [0.05, 0.1) is 31.0 Å². The fraction of sp³-hybridized carbons (Fsp3) is 0.273. The van der Waals surface area contributed by atoms with Crippen molar-refractivity contribution >= 4 is 29.0 Å². The number of methoxy groups -OCH3 is 2. The summed E-state index contributed by atoms with van der Waals surface area (Å²) in [6.07, 6.45) is -4.90. The molecule has 0 unspecified atom stereocenters. The van der Waals surface area contributed by atoms with Crippen LogP contribution in [0.3, 0.4) is 0 Å². The van der Waals surface area contributed by atoms with E-state index < -0.39 is 24.2 Å². The maximum absolute atomic E-state index is 13.9. The van der Waals surface area contributed by atoms with E-state index in [-0.39, 0.29) is 17.9 Å². The molecule has 2 atom stereocenters. The van der Waals surface area contributed by atoms with E-state index in [1.807, 2.05) is 0 Å². The van der Waals surface area contributed by atoms with Crippen LogP contribution >= 0.6 is 11.6 Å². The van der Waals surface area contributed by atoms with E-state index >= 15 is 0 Å². The number of fused-ring (bicyclic) bond motifs is 1. The maximum Gasteiger partial charge on any atom is 0.410 e. The molecule has 0 radical (unpaired) electrons. The average molecular weight is 481 g/mol. The van der Waals surface area contributed by atoms with Crippen LogP contribution in [-0.2, 0) is 0 Å². The molecule has 3 aromatic rings. The normalized spacial score (nSPS) is 17.6. The number of alkyl halides is 3. The number of nitrogens with zero attached hydrogens (tertiary/aromatic N) is 2. The first kappa shape index (κ1) is 22.8. The van der Waals surface area contributed by atoms with Crippen LogP contribution in [0, 0.1) is 0 Å². The van der Waals surface area contributed by atoms with Crippen LogP contribution < -0.4 is 20.1 Å². The third kappa shape index (κ3) is 4.56. The van der Waals surface area contributed by atoms with Crippen molar-refractivity contribution in [3.8, 4) is 11.5 Å². The standard InChI is InChI=1S/C22H20ClF3N4O3/c1-32-17-8-7-12(9-18(17)33-2)15-10-19(22(24,25)26)30-20(27-15)11-16(29-30)21(31)28-14-6-4-3-5-13(14)23/h3-9,11,15,19,27H,10H2,1-2H3,(H,28,31)/t15-,19+/m1/s1. The Hall–Kier alpha value is -3.40. The summed E-state index contributed by atoms with van der Waals surface area (Å²) in [5.41, 5.74) is 0.745. The molecule has 1 aromatic heterocycles. The zero-order chi connectivity index (χ0) is 23.8. The third-order valence-electron chi connectivity index (χ3n) is 5.35. The first-order valence-electron chi connectivity index (χ1n) is 9.92. The molecule has 1 amide bonds. The van der Waals surface area contributed by atoms with Crippen LogP contribution in [0.5, 0.6) is 11.5 Å². The zero-order valence-electron chi connectivity index (χ0n) is 17.6. The van der Waals surface area contributed by atoms with Crippen LogP contribution in [-0.4, -0.2) is 36.1 Å². The lowest BCUT2D eigenvalue weighted by molar-refractivity contribution is -0.173. The van der Waals surface area contributed by atoms with Gasteiger partial charge in [0.1, 0.15) is 5.82 Å². The molecule has 33 heavy (non-hydrogen) atoms. The van der Waals surface area contributed by atoms with Gasteiger partial charge in [0.2, 0.25) is 0 Å². The van der Waals surface area contributed by atoms with Crippen LogP contribution in [0.4, 0.5) is 24.7 Å². The van der Waals surface area contributed by atoms with Crippen LogP contribution in [0.2, 0.25) is 5.02 Å². The van der Waals surface area contributed by atoms with Gasteiger partial charge < -0.3 is 20.1 Å². The SMILES string of the molecule is COc1ccc([C@H]2C[C@@H](C(F)(F)F)n3nc(C(=O)Nc4ccccc4Cl)cc3N2)cc1OC. The molecule has 1 aliphatic heterocycles. The van der Waals surface area contributed by atoms with Crippen molar-refractivity contribution in [1.82, 2.24) is 9.78 Å². The van der Waals surface area contributed by atoms with Gasteiger partial charge in [-0.15, -0.1) is 0 Å². The molecule has 174 valence electrons. The van der Waals surface area contributed by atoms with Crippen molar-refractivity contribution in [1.29, 1.82) is 0 Å². The van der Waals surface area contributed by atoms with E-state index in [1.165, 1.54) is 20.3 Å². The number of nitrogens with one attached hydrogen (secondary N) is 2. The number of hydrogen-bond donors (Lipinski definition) is 2. The van der Waals surface area contributed by atoms with E-state index in [9.17, 15) is 18.0 Å². The number of anilines is 2. The lowest BCUT2D eigenvalue weighted by atomic mass is 9.96. The van der Waals surface area contributed by atoms with Crippen molar-refractivity contribution in [2.45, 2.75) is 24.7 Å². The van der Waals surface area contributed by atoms with Gasteiger partial charge in [0.25, 0.3) is 5.91 Å². The van der Waals surface area contributed by atoms with E-state index in [4.69, 9.17) is 21.1 Å². The minimum atomic E-state index is -4.58. The Morgan fingerprint density at radius 2 is 1.88 bits per heavy atom. The number of halogens is 4. The topological polar surface area (TPSA) is 77.4 Å². The zero-order valence-corrected chi connectivity index (χ0v) is 18.4. The second-order valence-electron chi connectivity index (χ2n) is 7.40. The van der Waals surface area contributed by atoms with Gasteiger partial charge in [0.15, 0.2) is 23.2 Å². The predicted molar refractivity (Wildman–Crippen MR) is 117 cm³/mol. The Balaban J connectivity index is 1.66. The molecule has 0 saturated carbocycles. The van der Waals surface area contributed by atoms with Gasteiger partial charge in [-0.25, -0.2) is 4.68 Å². The van der Waals surface area contributed by atoms with Gasteiger partial charge in [-0.1, -0.05) is 29.8 Å². The fourth-order valence-corrected chi connectivity index (χ4v) is 3.90. The summed E-state index contributed by atoms with van der Waals surface area (Å²) in [7, 11) is 2.93. The van der Waals surface area contributed by atoms with Gasteiger partial charge >= 0.3 is 6.18 Å². The second kappa shape index (κ2) is 8.86. The summed E-state index contributed by atoms with van der Waals surface area (Å²) >= 11 is 6.05. The van der Waals surface area contributed by atoms with Crippen LogP contribution in [0.15, 0.2) is 48.5 Å². The number of hydrogen-bond acceptors (Lipinski definition) is 5. The Bertz CT molecular complexity index is 1180. The minimum absolute atomic E-state index is 0.0765. The number of rotatable bonds is 5. The molecule has 4 rings (SSSR count). The molecule has 2 aromatic carbocycles. The number of amides is 1. The summed E-state index contributed by atoms with van der Waals surface area (Å²) in [4.78, 5) is 12.7. The lowest BCUT2D eigenvalue weighted by Gasteiger charge is -2.33. The molecule has 7 nitrogen and oxygen atoms in total. The Labute approximate surface area is 192 Å². The first-order chi connectivity index (χ1) is 15.7. The quantitative estimate of drug-likeness (QED) is 0.506. The number of benzene rings is 2. The maximum atomic E-state index is 13.9. The van der Waals surface area contributed by atoms with Crippen LogP contribution in [0.1, 0.15) is 34.6 Å². The van der Waals surface area contributed by atoms with Gasteiger partial charge in [-0.3, -0.25) is 4.79 Å². The van der Waals surface area contributed by atoms with E-state index in [2.05, 4.69) is 15.7 Å². The minimum Gasteiger partial charge on any atom is -0.493 e. The van der Waals surface area contributed by atoms with Crippen molar-refractivity contribution in [2.24, 2.45) is 0 Å². The Morgan fingerprint density at radius 3 is 2.55 bits per heavy atom. The van der Waals surface area contributed by atoms with E-state index in [0.717, 1.165) is 4.68 Å².